The van der Waals surface area contributed by atoms with E-state index in [0.29, 0.717) is 18.8 Å². The van der Waals surface area contributed by atoms with E-state index in [0.717, 1.165) is 38.8 Å². The van der Waals surface area contributed by atoms with Gasteiger partial charge in [-0.1, -0.05) is 39.0 Å². The van der Waals surface area contributed by atoms with Crippen LogP contribution < -0.4 is 10.2 Å². The third-order valence-electron chi connectivity index (χ3n) is 7.76. The maximum Gasteiger partial charge on any atom is 0.416 e. The summed E-state index contributed by atoms with van der Waals surface area (Å²) in [4.78, 5) is 17.0. The average Bonchev–Trinajstić information content (AvgIpc) is 2.88. The fraction of sp³-hybridized carbons (Fsp3) is 0.567. The van der Waals surface area contributed by atoms with E-state index in [1.807, 2.05) is 4.90 Å². The summed E-state index contributed by atoms with van der Waals surface area (Å²) in [5, 5.41) is 3.25. The molecule has 0 bridgehead atoms. The van der Waals surface area contributed by atoms with Crippen molar-refractivity contribution < 1.29 is 22.7 Å². The monoisotopic (exact) mass is 531 g/mol. The van der Waals surface area contributed by atoms with Gasteiger partial charge in [0.25, 0.3) is 0 Å². The van der Waals surface area contributed by atoms with E-state index in [2.05, 4.69) is 55.3 Å². The summed E-state index contributed by atoms with van der Waals surface area (Å²) in [6.07, 6.45) is -1.21. The first-order valence-corrected chi connectivity index (χ1v) is 13.6. The summed E-state index contributed by atoms with van der Waals surface area (Å²) in [5.41, 5.74) is 2.74. The Hall–Kier alpha value is -2.74. The van der Waals surface area contributed by atoms with Crippen LogP contribution in [0.4, 0.5) is 24.5 Å². The fourth-order valence-corrected chi connectivity index (χ4v) is 5.29. The number of ether oxygens (including phenoxy) is 1. The number of carbonyl (C=O) groups excluding carboxylic acids is 1. The van der Waals surface area contributed by atoms with E-state index in [1.54, 1.807) is 6.07 Å². The molecule has 0 spiro atoms. The zero-order valence-corrected chi connectivity index (χ0v) is 22.9. The Bertz CT molecular complexity index is 1080. The van der Waals surface area contributed by atoms with Gasteiger partial charge in [-0.15, -0.1) is 0 Å². The fourth-order valence-electron chi connectivity index (χ4n) is 5.29. The van der Waals surface area contributed by atoms with Crippen LogP contribution in [0.5, 0.6) is 0 Å². The number of aryl methyl sites for hydroxylation is 1. The third kappa shape index (κ3) is 7.22. The Morgan fingerprint density at radius 1 is 0.947 bits per heavy atom. The Labute approximate surface area is 224 Å². The van der Waals surface area contributed by atoms with Gasteiger partial charge in [-0.3, -0.25) is 4.79 Å². The summed E-state index contributed by atoms with van der Waals surface area (Å²) in [5.74, 6) is 0.0207. The number of hydrogen-bond acceptors (Lipinski definition) is 4. The number of hydrogen-bond donors (Lipinski definition) is 1. The van der Waals surface area contributed by atoms with Crippen LogP contribution in [0.2, 0.25) is 0 Å². The second-order valence-corrected chi connectivity index (χ2v) is 11.6. The topological polar surface area (TPSA) is 44.8 Å². The van der Waals surface area contributed by atoms with Gasteiger partial charge in [0, 0.05) is 43.6 Å². The number of benzene rings is 2. The maximum atomic E-state index is 13.2. The highest BCUT2D eigenvalue weighted by molar-refractivity contribution is 5.77. The summed E-state index contributed by atoms with van der Waals surface area (Å²) in [6.45, 7) is 11.1. The number of amides is 1. The lowest BCUT2D eigenvalue weighted by molar-refractivity contribution is -0.139. The molecule has 2 fully saturated rings. The van der Waals surface area contributed by atoms with Gasteiger partial charge in [0.2, 0.25) is 5.91 Å². The molecule has 208 valence electrons. The molecule has 1 aliphatic heterocycles. The number of anilines is 2. The molecule has 1 amide bonds. The number of halogens is 3. The maximum absolute atomic E-state index is 13.2. The standard InChI is InChI=1S/C30H40F3N3O2/c1-21-5-8-24(19-27(21)30(31,32)33)34-23-9-13-26(14-10-23)38-20-28(37)36-17-15-35(16-18-36)25-11-6-22(7-12-25)29(2,3)4/h5-8,11-12,19,23,26,34H,9-10,13-18,20H2,1-4H3. The zero-order valence-electron chi connectivity index (χ0n) is 22.9. The Balaban J connectivity index is 1.17. The number of alkyl halides is 3. The molecule has 0 radical (unpaired) electrons. The van der Waals surface area contributed by atoms with Crippen molar-refractivity contribution >= 4 is 17.3 Å². The van der Waals surface area contributed by atoms with Crippen molar-refractivity contribution in [2.75, 3.05) is 43.0 Å². The molecule has 2 aromatic rings. The van der Waals surface area contributed by atoms with Gasteiger partial charge in [-0.25, -0.2) is 0 Å². The summed E-state index contributed by atoms with van der Waals surface area (Å²) in [7, 11) is 0. The van der Waals surface area contributed by atoms with E-state index >= 15 is 0 Å². The number of piperazine rings is 1. The highest BCUT2D eigenvalue weighted by Gasteiger charge is 2.33. The molecule has 1 N–H and O–H groups in total. The van der Waals surface area contributed by atoms with Gasteiger partial charge in [-0.2, -0.15) is 13.2 Å². The highest BCUT2D eigenvalue weighted by atomic mass is 19.4. The second kappa shape index (κ2) is 11.6. The van der Waals surface area contributed by atoms with E-state index in [4.69, 9.17) is 4.74 Å². The average molecular weight is 532 g/mol. The number of nitrogens with zero attached hydrogens (tertiary/aromatic N) is 2. The smallest absolute Gasteiger partial charge is 0.382 e. The van der Waals surface area contributed by atoms with Gasteiger partial charge in [0.1, 0.15) is 6.61 Å². The minimum atomic E-state index is -4.36. The molecule has 4 rings (SSSR count). The third-order valence-corrected chi connectivity index (χ3v) is 7.76. The minimum Gasteiger partial charge on any atom is -0.382 e. The van der Waals surface area contributed by atoms with Crippen molar-refractivity contribution in [1.29, 1.82) is 0 Å². The zero-order chi connectivity index (χ0) is 27.5. The van der Waals surface area contributed by atoms with Gasteiger partial charge < -0.3 is 19.9 Å². The van der Waals surface area contributed by atoms with E-state index < -0.39 is 11.7 Å². The molecule has 1 saturated heterocycles. The summed E-state index contributed by atoms with van der Waals surface area (Å²) < 4.78 is 45.6. The van der Waals surface area contributed by atoms with Gasteiger partial charge in [-0.05, 0) is 73.4 Å². The van der Waals surface area contributed by atoms with Crippen molar-refractivity contribution in [2.24, 2.45) is 0 Å². The molecule has 1 aliphatic carbocycles. The molecule has 0 unspecified atom stereocenters. The van der Waals surface area contributed by atoms with Crippen molar-refractivity contribution in [1.82, 2.24) is 4.90 Å². The van der Waals surface area contributed by atoms with Crippen molar-refractivity contribution in [3.05, 3.63) is 59.2 Å². The van der Waals surface area contributed by atoms with Crippen LogP contribution in [0, 0.1) is 6.92 Å². The normalized spacial score (nSPS) is 20.9. The number of rotatable bonds is 6. The van der Waals surface area contributed by atoms with Crippen LogP contribution in [-0.4, -0.2) is 55.7 Å². The van der Waals surface area contributed by atoms with Crippen LogP contribution in [0.25, 0.3) is 0 Å². The molecule has 2 aromatic carbocycles. The molecule has 38 heavy (non-hydrogen) atoms. The van der Waals surface area contributed by atoms with Crippen LogP contribution in [-0.2, 0) is 21.1 Å². The van der Waals surface area contributed by atoms with E-state index in [1.165, 1.54) is 30.3 Å². The van der Waals surface area contributed by atoms with Crippen molar-refractivity contribution in [3.8, 4) is 0 Å². The molecule has 2 aliphatic rings. The molecular weight excluding hydrogens is 491 g/mol. The first kappa shape index (κ1) is 28.3. The molecule has 8 heteroatoms. The highest BCUT2D eigenvalue weighted by Crippen LogP contribution is 2.34. The number of nitrogens with one attached hydrogen (secondary N) is 1. The lowest BCUT2D eigenvalue weighted by atomic mass is 9.87. The SMILES string of the molecule is Cc1ccc(NC2CCC(OCC(=O)N3CCN(c4ccc(C(C)(C)C)cc4)CC3)CC2)cc1C(F)(F)F. The van der Waals surface area contributed by atoms with Crippen LogP contribution in [0.1, 0.15) is 63.1 Å². The van der Waals surface area contributed by atoms with Crippen LogP contribution in [0.3, 0.4) is 0 Å². The number of carbonyl (C=O) groups is 1. The van der Waals surface area contributed by atoms with Gasteiger partial charge >= 0.3 is 6.18 Å². The predicted octanol–water partition coefficient (Wildman–Crippen LogP) is 6.40. The van der Waals surface area contributed by atoms with Crippen molar-refractivity contribution in [3.63, 3.8) is 0 Å². The summed E-state index contributed by atoms with van der Waals surface area (Å²) in [6, 6.07) is 13.2. The molecule has 0 atom stereocenters. The van der Waals surface area contributed by atoms with Gasteiger partial charge in [0.15, 0.2) is 0 Å². The Morgan fingerprint density at radius 3 is 2.16 bits per heavy atom. The Morgan fingerprint density at radius 2 is 1.58 bits per heavy atom. The van der Waals surface area contributed by atoms with Crippen LogP contribution in [0.15, 0.2) is 42.5 Å². The lowest BCUT2D eigenvalue weighted by Crippen LogP contribution is -2.50. The molecular formula is C30H40F3N3O2. The first-order valence-electron chi connectivity index (χ1n) is 13.6. The van der Waals surface area contributed by atoms with Crippen LogP contribution >= 0.6 is 0 Å². The quantitative estimate of drug-likeness (QED) is 0.469. The van der Waals surface area contributed by atoms with E-state index in [9.17, 15) is 18.0 Å². The summed E-state index contributed by atoms with van der Waals surface area (Å²) >= 11 is 0. The Kier molecular flexibility index (Phi) is 8.60. The first-order chi connectivity index (χ1) is 17.9. The van der Waals surface area contributed by atoms with E-state index in [-0.39, 0.29) is 35.6 Å². The predicted molar refractivity (Wildman–Crippen MR) is 146 cm³/mol. The van der Waals surface area contributed by atoms with Crippen molar-refractivity contribution in [2.45, 2.75) is 77.1 Å². The molecule has 0 aromatic heterocycles. The van der Waals surface area contributed by atoms with Gasteiger partial charge in [0.05, 0.1) is 11.7 Å². The molecule has 5 nitrogen and oxygen atoms in total. The minimum absolute atomic E-state index is 0.00312. The molecule has 1 heterocycles. The second-order valence-electron chi connectivity index (χ2n) is 11.6. The lowest BCUT2D eigenvalue weighted by Gasteiger charge is -2.37. The largest absolute Gasteiger partial charge is 0.416 e. The molecule has 1 saturated carbocycles.